The average molecular weight is 244 g/mol. The van der Waals surface area contributed by atoms with Crippen LogP contribution in [0.3, 0.4) is 0 Å². The van der Waals surface area contributed by atoms with Gasteiger partial charge < -0.3 is 15.6 Å². The summed E-state index contributed by atoms with van der Waals surface area (Å²) < 4.78 is 5.12. The zero-order valence-corrected chi connectivity index (χ0v) is 10.2. The normalized spacial score (nSPS) is 13.9. The van der Waals surface area contributed by atoms with Gasteiger partial charge in [0.05, 0.1) is 13.3 Å². The van der Waals surface area contributed by atoms with Crippen LogP contribution in [0.1, 0.15) is 11.1 Å². The van der Waals surface area contributed by atoms with Crippen molar-refractivity contribution in [2.24, 2.45) is 5.73 Å². The fourth-order valence-corrected chi connectivity index (χ4v) is 1.87. The first-order valence-corrected chi connectivity index (χ1v) is 5.68. The highest BCUT2D eigenvalue weighted by Crippen LogP contribution is 2.29. The molecule has 3 N–H and O–H groups in total. The van der Waals surface area contributed by atoms with E-state index in [1.54, 1.807) is 25.6 Å². The number of aromatic nitrogens is 1. The lowest BCUT2D eigenvalue weighted by Gasteiger charge is -2.27. The summed E-state index contributed by atoms with van der Waals surface area (Å²) in [4.78, 5) is 4.05. The molecule has 0 fully saturated rings. The fourth-order valence-electron chi connectivity index (χ4n) is 1.87. The Balaban J connectivity index is 2.49. The summed E-state index contributed by atoms with van der Waals surface area (Å²) in [5, 5.41) is 10.8. The number of pyridine rings is 1. The summed E-state index contributed by atoms with van der Waals surface area (Å²) >= 11 is 0. The molecule has 0 amide bonds. The first kappa shape index (κ1) is 12.5. The van der Waals surface area contributed by atoms with E-state index in [4.69, 9.17) is 10.5 Å². The number of hydrogen-bond acceptors (Lipinski definition) is 4. The monoisotopic (exact) mass is 244 g/mol. The van der Waals surface area contributed by atoms with E-state index in [9.17, 15) is 5.11 Å². The Labute approximate surface area is 106 Å². The van der Waals surface area contributed by atoms with Gasteiger partial charge in [-0.15, -0.1) is 0 Å². The number of aliphatic hydroxyl groups is 1. The third-order valence-corrected chi connectivity index (χ3v) is 2.97. The Hall–Kier alpha value is -1.91. The molecule has 0 aliphatic rings. The van der Waals surface area contributed by atoms with Gasteiger partial charge in [0.25, 0.3) is 0 Å². The number of methoxy groups -OCH3 is 1. The predicted molar refractivity (Wildman–Crippen MR) is 69.3 cm³/mol. The lowest BCUT2D eigenvalue weighted by atomic mass is 9.87. The lowest BCUT2D eigenvalue weighted by Crippen LogP contribution is -2.36. The van der Waals surface area contributed by atoms with Crippen LogP contribution in [0.15, 0.2) is 48.8 Å². The molecule has 0 radical (unpaired) electrons. The van der Waals surface area contributed by atoms with Gasteiger partial charge in [-0.3, -0.25) is 4.98 Å². The SMILES string of the molecule is COc1cncc(C(O)(CN)c2ccccc2)c1. The molecule has 0 spiro atoms. The largest absolute Gasteiger partial charge is 0.495 e. The van der Waals surface area contributed by atoms with Crippen LogP contribution in [0.4, 0.5) is 0 Å². The Bertz CT molecular complexity index is 516. The topological polar surface area (TPSA) is 68.4 Å². The molecule has 0 aliphatic heterocycles. The zero-order chi connectivity index (χ0) is 13.0. The van der Waals surface area contributed by atoms with E-state index in [-0.39, 0.29) is 6.54 Å². The summed E-state index contributed by atoms with van der Waals surface area (Å²) in [5.74, 6) is 0.593. The van der Waals surface area contributed by atoms with Gasteiger partial charge in [-0.25, -0.2) is 0 Å². The van der Waals surface area contributed by atoms with Gasteiger partial charge >= 0.3 is 0 Å². The van der Waals surface area contributed by atoms with Gasteiger partial charge in [-0.1, -0.05) is 30.3 Å². The second-order valence-electron chi connectivity index (χ2n) is 4.04. The Morgan fingerprint density at radius 3 is 2.56 bits per heavy atom. The van der Waals surface area contributed by atoms with E-state index in [1.807, 2.05) is 30.3 Å². The number of nitrogens with zero attached hydrogens (tertiary/aromatic N) is 1. The molecule has 18 heavy (non-hydrogen) atoms. The first-order chi connectivity index (χ1) is 8.70. The van der Waals surface area contributed by atoms with Crippen molar-refractivity contribution in [3.8, 4) is 5.75 Å². The van der Waals surface area contributed by atoms with E-state index >= 15 is 0 Å². The molecule has 0 saturated heterocycles. The quantitative estimate of drug-likeness (QED) is 0.850. The summed E-state index contributed by atoms with van der Waals surface area (Å²) in [6, 6.07) is 11.0. The van der Waals surface area contributed by atoms with Gasteiger partial charge in [0.2, 0.25) is 0 Å². The maximum atomic E-state index is 10.8. The van der Waals surface area contributed by atoms with E-state index < -0.39 is 5.60 Å². The third kappa shape index (κ3) is 2.20. The predicted octanol–water partition coefficient (Wildman–Crippen LogP) is 1.28. The average Bonchev–Trinajstić information content (AvgIpc) is 2.47. The molecule has 1 atom stereocenters. The smallest absolute Gasteiger partial charge is 0.137 e. The third-order valence-electron chi connectivity index (χ3n) is 2.97. The highest BCUT2D eigenvalue weighted by molar-refractivity contribution is 5.38. The molecule has 2 rings (SSSR count). The van der Waals surface area contributed by atoms with Crippen molar-refractivity contribution in [2.75, 3.05) is 13.7 Å². The summed E-state index contributed by atoms with van der Waals surface area (Å²) in [5.41, 5.74) is 5.86. The standard InChI is InChI=1S/C14H16N2O2/c1-18-13-7-12(8-16-9-13)14(17,10-15)11-5-3-2-4-6-11/h2-9,17H,10,15H2,1H3. The van der Waals surface area contributed by atoms with Crippen LogP contribution in [0.25, 0.3) is 0 Å². The van der Waals surface area contributed by atoms with Crippen molar-refractivity contribution in [3.05, 3.63) is 59.9 Å². The molecule has 0 bridgehead atoms. The fraction of sp³-hybridized carbons (Fsp3) is 0.214. The summed E-state index contributed by atoms with van der Waals surface area (Å²) in [6.45, 7) is 0.0753. The van der Waals surface area contributed by atoms with Crippen molar-refractivity contribution < 1.29 is 9.84 Å². The van der Waals surface area contributed by atoms with Crippen LogP contribution >= 0.6 is 0 Å². The van der Waals surface area contributed by atoms with Crippen LogP contribution in [-0.2, 0) is 5.60 Å². The van der Waals surface area contributed by atoms with Gasteiger partial charge in [0, 0.05) is 18.3 Å². The van der Waals surface area contributed by atoms with Gasteiger partial charge in [0.1, 0.15) is 11.4 Å². The maximum Gasteiger partial charge on any atom is 0.137 e. The first-order valence-electron chi connectivity index (χ1n) is 5.68. The second-order valence-corrected chi connectivity index (χ2v) is 4.04. The van der Waals surface area contributed by atoms with Crippen molar-refractivity contribution in [1.29, 1.82) is 0 Å². The number of nitrogens with two attached hydrogens (primary N) is 1. The molecule has 4 nitrogen and oxygen atoms in total. The molecule has 1 aromatic carbocycles. The Kier molecular flexibility index (Phi) is 3.60. The minimum absolute atomic E-state index is 0.0753. The summed E-state index contributed by atoms with van der Waals surface area (Å²) in [7, 11) is 1.56. The molecule has 1 aromatic heterocycles. The van der Waals surface area contributed by atoms with Crippen LogP contribution < -0.4 is 10.5 Å². The molecular weight excluding hydrogens is 228 g/mol. The maximum absolute atomic E-state index is 10.8. The van der Waals surface area contributed by atoms with Crippen LogP contribution in [-0.4, -0.2) is 23.7 Å². The van der Waals surface area contributed by atoms with Crippen molar-refractivity contribution in [1.82, 2.24) is 4.98 Å². The van der Waals surface area contributed by atoms with E-state index in [0.29, 0.717) is 11.3 Å². The van der Waals surface area contributed by atoms with Crippen LogP contribution in [0.2, 0.25) is 0 Å². The van der Waals surface area contributed by atoms with Gasteiger partial charge in [-0.2, -0.15) is 0 Å². The van der Waals surface area contributed by atoms with Crippen molar-refractivity contribution in [3.63, 3.8) is 0 Å². The second kappa shape index (κ2) is 5.16. The van der Waals surface area contributed by atoms with Crippen molar-refractivity contribution >= 4 is 0 Å². The minimum Gasteiger partial charge on any atom is -0.495 e. The van der Waals surface area contributed by atoms with Gasteiger partial charge in [-0.05, 0) is 11.6 Å². The molecule has 0 saturated carbocycles. The number of rotatable bonds is 4. The Morgan fingerprint density at radius 2 is 1.94 bits per heavy atom. The van der Waals surface area contributed by atoms with Gasteiger partial charge in [0.15, 0.2) is 0 Å². The summed E-state index contributed by atoms with van der Waals surface area (Å²) in [6.07, 6.45) is 3.19. The van der Waals surface area contributed by atoms with E-state index in [2.05, 4.69) is 4.98 Å². The molecular formula is C14H16N2O2. The molecule has 2 aromatic rings. The minimum atomic E-state index is -1.25. The zero-order valence-electron chi connectivity index (χ0n) is 10.2. The highest BCUT2D eigenvalue weighted by Gasteiger charge is 2.30. The molecule has 4 heteroatoms. The molecule has 1 heterocycles. The van der Waals surface area contributed by atoms with Crippen LogP contribution in [0, 0.1) is 0 Å². The number of benzene rings is 1. The van der Waals surface area contributed by atoms with Crippen molar-refractivity contribution in [2.45, 2.75) is 5.60 Å². The lowest BCUT2D eigenvalue weighted by molar-refractivity contribution is 0.0895. The van der Waals surface area contributed by atoms with E-state index in [0.717, 1.165) is 5.56 Å². The van der Waals surface area contributed by atoms with Crippen LogP contribution in [0.5, 0.6) is 5.75 Å². The Morgan fingerprint density at radius 1 is 1.22 bits per heavy atom. The number of ether oxygens (including phenoxy) is 1. The molecule has 1 unspecified atom stereocenters. The molecule has 94 valence electrons. The molecule has 0 aliphatic carbocycles. The number of hydrogen-bond donors (Lipinski definition) is 2. The van der Waals surface area contributed by atoms with E-state index in [1.165, 1.54) is 0 Å². The highest BCUT2D eigenvalue weighted by atomic mass is 16.5.